The van der Waals surface area contributed by atoms with Gasteiger partial charge in [0.25, 0.3) is 0 Å². The van der Waals surface area contributed by atoms with E-state index < -0.39 is 11.6 Å². The highest BCUT2D eigenvalue weighted by Crippen LogP contribution is 2.20. The Morgan fingerprint density at radius 3 is 2.53 bits per heavy atom. The second-order valence-corrected chi connectivity index (χ2v) is 5.11. The molecular weight excluding hydrogens is 222 g/mol. The van der Waals surface area contributed by atoms with Gasteiger partial charge in [0.2, 0.25) is 0 Å². The lowest BCUT2D eigenvalue weighted by Crippen LogP contribution is -2.33. The molecule has 0 fully saturated rings. The molecule has 1 aromatic carbocycles. The molecule has 4 heteroatoms. The Morgan fingerprint density at radius 2 is 1.94 bits per heavy atom. The van der Waals surface area contributed by atoms with E-state index in [9.17, 15) is 8.78 Å². The summed E-state index contributed by atoms with van der Waals surface area (Å²) in [4.78, 5) is 1.71. The highest BCUT2D eigenvalue weighted by molar-refractivity contribution is 5.47. The lowest BCUT2D eigenvalue weighted by molar-refractivity contribution is 0.459. The van der Waals surface area contributed by atoms with Crippen molar-refractivity contribution in [2.45, 2.75) is 32.2 Å². The zero-order valence-electron chi connectivity index (χ0n) is 10.6. The quantitative estimate of drug-likeness (QED) is 0.860. The van der Waals surface area contributed by atoms with Crippen LogP contribution in [0.4, 0.5) is 14.5 Å². The predicted molar refractivity (Wildman–Crippen MR) is 67.1 cm³/mol. The summed E-state index contributed by atoms with van der Waals surface area (Å²) in [6, 6.07) is 3.48. The molecule has 0 aromatic heterocycles. The van der Waals surface area contributed by atoms with E-state index in [1.807, 2.05) is 13.8 Å². The van der Waals surface area contributed by atoms with E-state index in [0.717, 1.165) is 25.0 Å². The van der Waals surface area contributed by atoms with Crippen LogP contribution >= 0.6 is 0 Å². The molecule has 0 radical (unpaired) electrons. The monoisotopic (exact) mass is 242 g/mol. The zero-order chi connectivity index (χ0) is 13.1. The van der Waals surface area contributed by atoms with E-state index in [4.69, 9.17) is 5.73 Å². The third kappa shape index (κ3) is 4.69. The number of benzene rings is 1. The summed E-state index contributed by atoms with van der Waals surface area (Å²) in [5, 5.41) is 0. The summed E-state index contributed by atoms with van der Waals surface area (Å²) in [6.45, 7) is 4.56. The molecule has 0 spiro atoms. The number of halogens is 2. The number of anilines is 1. The first-order chi connectivity index (χ1) is 7.79. The van der Waals surface area contributed by atoms with E-state index >= 15 is 0 Å². The van der Waals surface area contributed by atoms with Gasteiger partial charge in [-0.1, -0.05) is 0 Å². The first-order valence-electron chi connectivity index (χ1n) is 5.75. The molecule has 1 aromatic rings. The van der Waals surface area contributed by atoms with Gasteiger partial charge in [0, 0.05) is 25.2 Å². The van der Waals surface area contributed by atoms with E-state index in [-0.39, 0.29) is 5.54 Å². The summed E-state index contributed by atoms with van der Waals surface area (Å²) in [5.41, 5.74) is 5.93. The molecule has 17 heavy (non-hydrogen) atoms. The lowest BCUT2D eigenvalue weighted by atomic mass is 10.00. The van der Waals surface area contributed by atoms with Crippen LogP contribution in [0.25, 0.3) is 0 Å². The van der Waals surface area contributed by atoms with Crippen LogP contribution in [0.2, 0.25) is 0 Å². The summed E-state index contributed by atoms with van der Waals surface area (Å²) in [6.07, 6.45) is 1.68. The maximum atomic E-state index is 13.4. The van der Waals surface area contributed by atoms with E-state index in [1.54, 1.807) is 11.9 Å². The molecule has 2 nitrogen and oxygen atoms in total. The molecule has 0 saturated carbocycles. The molecule has 0 aliphatic carbocycles. The predicted octanol–water partition coefficient (Wildman–Crippen LogP) is 2.92. The minimum Gasteiger partial charge on any atom is -0.372 e. The molecule has 2 N–H and O–H groups in total. The van der Waals surface area contributed by atoms with Crippen molar-refractivity contribution in [3.05, 3.63) is 29.8 Å². The van der Waals surface area contributed by atoms with Crippen LogP contribution < -0.4 is 10.6 Å². The third-order valence-electron chi connectivity index (χ3n) is 2.63. The van der Waals surface area contributed by atoms with Gasteiger partial charge in [-0.2, -0.15) is 0 Å². The molecule has 0 aliphatic heterocycles. The molecule has 0 unspecified atom stereocenters. The number of nitrogens with zero attached hydrogens (tertiary/aromatic N) is 1. The van der Waals surface area contributed by atoms with E-state index in [2.05, 4.69) is 0 Å². The fraction of sp³-hybridized carbons (Fsp3) is 0.538. The maximum Gasteiger partial charge on any atom is 0.146 e. The van der Waals surface area contributed by atoms with Gasteiger partial charge >= 0.3 is 0 Å². The normalized spacial score (nSPS) is 11.6. The van der Waals surface area contributed by atoms with Crippen molar-refractivity contribution in [3.63, 3.8) is 0 Å². The minimum atomic E-state index is -0.424. The number of nitrogens with two attached hydrogens (primary N) is 1. The highest BCUT2D eigenvalue weighted by atomic mass is 19.1. The Bertz CT molecular complexity index is 372. The molecule has 96 valence electrons. The average molecular weight is 242 g/mol. The largest absolute Gasteiger partial charge is 0.372 e. The van der Waals surface area contributed by atoms with Crippen LogP contribution in [-0.2, 0) is 0 Å². The minimum absolute atomic E-state index is 0.221. The standard InChI is InChI=1S/C13H20F2N2/c1-13(2,16)7-4-8-17(3)12-9-10(14)5-6-11(12)15/h5-6,9H,4,7-8,16H2,1-3H3. The van der Waals surface area contributed by atoms with Gasteiger partial charge < -0.3 is 10.6 Å². The second kappa shape index (κ2) is 5.45. The molecule has 0 heterocycles. The summed E-state index contributed by atoms with van der Waals surface area (Å²) >= 11 is 0. The summed E-state index contributed by atoms with van der Waals surface area (Å²) < 4.78 is 26.5. The number of rotatable bonds is 5. The van der Waals surface area contributed by atoms with Crippen LogP contribution in [0.15, 0.2) is 18.2 Å². The zero-order valence-corrected chi connectivity index (χ0v) is 10.6. The van der Waals surface area contributed by atoms with Crippen molar-refractivity contribution in [1.29, 1.82) is 0 Å². The summed E-state index contributed by atoms with van der Waals surface area (Å²) in [7, 11) is 1.75. The smallest absolute Gasteiger partial charge is 0.146 e. The van der Waals surface area contributed by atoms with Gasteiger partial charge in [0.15, 0.2) is 0 Å². The van der Waals surface area contributed by atoms with Crippen molar-refractivity contribution in [2.75, 3.05) is 18.5 Å². The van der Waals surface area contributed by atoms with Crippen molar-refractivity contribution < 1.29 is 8.78 Å². The van der Waals surface area contributed by atoms with Gasteiger partial charge in [-0.25, -0.2) is 8.78 Å². The Kier molecular flexibility index (Phi) is 4.46. The van der Waals surface area contributed by atoms with Gasteiger partial charge in [-0.05, 0) is 38.8 Å². The van der Waals surface area contributed by atoms with Gasteiger partial charge in [-0.3, -0.25) is 0 Å². The van der Waals surface area contributed by atoms with E-state index in [1.165, 1.54) is 6.07 Å². The number of hydrogen-bond donors (Lipinski definition) is 1. The van der Waals surface area contributed by atoms with Gasteiger partial charge in [0.1, 0.15) is 11.6 Å². The first-order valence-corrected chi connectivity index (χ1v) is 5.75. The SMILES string of the molecule is CN(CCCC(C)(C)N)c1cc(F)ccc1F. The molecule has 0 bridgehead atoms. The van der Waals surface area contributed by atoms with Crippen LogP contribution in [0.3, 0.4) is 0 Å². The fourth-order valence-electron chi connectivity index (χ4n) is 1.67. The van der Waals surface area contributed by atoms with E-state index in [0.29, 0.717) is 12.2 Å². The molecule has 1 rings (SSSR count). The average Bonchev–Trinajstić information content (AvgIpc) is 2.19. The van der Waals surface area contributed by atoms with Crippen molar-refractivity contribution in [3.8, 4) is 0 Å². The molecule has 0 atom stereocenters. The van der Waals surface area contributed by atoms with Crippen LogP contribution in [-0.4, -0.2) is 19.1 Å². The molecule has 0 aliphatic rings. The van der Waals surface area contributed by atoms with Crippen LogP contribution in [0, 0.1) is 11.6 Å². The Hall–Kier alpha value is -1.16. The molecular formula is C13H20F2N2. The Balaban J connectivity index is 2.58. The van der Waals surface area contributed by atoms with Crippen molar-refractivity contribution in [1.82, 2.24) is 0 Å². The Labute approximate surface area is 101 Å². The first kappa shape index (κ1) is 13.9. The van der Waals surface area contributed by atoms with Crippen molar-refractivity contribution in [2.24, 2.45) is 5.73 Å². The van der Waals surface area contributed by atoms with Crippen LogP contribution in [0.5, 0.6) is 0 Å². The third-order valence-corrected chi connectivity index (χ3v) is 2.63. The van der Waals surface area contributed by atoms with Gasteiger partial charge in [-0.15, -0.1) is 0 Å². The maximum absolute atomic E-state index is 13.4. The fourth-order valence-corrected chi connectivity index (χ4v) is 1.67. The summed E-state index contributed by atoms with van der Waals surface area (Å²) in [5.74, 6) is -0.826. The van der Waals surface area contributed by atoms with Crippen LogP contribution in [0.1, 0.15) is 26.7 Å². The van der Waals surface area contributed by atoms with Crippen molar-refractivity contribution >= 4 is 5.69 Å². The lowest BCUT2D eigenvalue weighted by Gasteiger charge is -2.23. The number of hydrogen-bond acceptors (Lipinski definition) is 2. The molecule has 0 amide bonds. The molecule has 0 saturated heterocycles. The topological polar surface area (TPSA) is 29.3 Å². The second-order valence-electron chi connectivity index (χ2n) is 5.11. The van der Waals surface area contributed by atoms with Gasteiger partial charge in [0.05, 0.1) is 5.69 Å². The Morgan fingerprint density at radius 1 is 1.29 bits per heavy atom. The highest BCUT2D eigenvalue weighted by Gasteiger charge is 2.12.